The predicted molar refractivity (Wildman–Crippen MR) is 107 cm³/mol. The number of nitrogens with zero attached hydrogens (tertiary/aromatic N) is 2. The first-order chi connectivity index (χ1) is 13.0. The van der Waals surface area contributed by atoms with Crippen LogP contribution in [0.2, 0.25) is 0 Å². The van der Waals surface area contributed by atoms with Crippen molar-refractivity contribution in [3.05, 3.63) is 53.6 Å². The summed E-state index contributed by atoms with van der Waals surface area (Å²) in [4.78, 5) is 28.6. The van der Waals surface area contributed by atoms with E-state index in [1.165, 1.54) is 12.5 Å². The molecule has 1 aliphatic rings. The number of carbonyl (C=O) groups excluding carboxylic acids is 2. The fourth-order valence-electron chi connectivity index (χ4n) is 3.59. The number of fused-ring (bicyclic) bond motifs is 1. The lowest BCUT2D eigenvalue weighted by atomic mass is 10.0. The first kappa shape index (κ1) is 19.0. The van der Waals surface area contributed by atoms with Gasteiger partial charge in [0.05, 0.1) is 12.8 Å². The van der Waals surface area contributed by atoms with E-state index in [-0.39, 0.29) is 18.2 Å². The van der Waals surface area contributed by atoms with E-state index < -0.39 is 0 Å². The Balaban J connectivity index is 1.77. The number of hydrogen-bond donors (Lipinski definition) is 0. The van der Waals surface area contributed by atoms with Crippen LogP contribution in [-0.4, -0.2) is 32.0 Å². The molecule has 1 heterocycles. The number of carbonyl (C=O) groups is 2. The van der Waals surface area contributed by atoms with Crippen LogP contribution < -0.4 is 14.5 Å². The van der Waals surface area contributed by atoms with E-state index in [9.17, 15) is 9.59 Å². The van der Waals surface area contributed by atoms with E-state index >= 15 is 0 Å². The van der Waals surface area contributed by atoms with Crippen LogP contribution in [-0.2, 0) is 16.0 Å². The second-order valence-electron chi connectivity index (χ2n) is 6.87. The monoisotopic (exact) mass is 366 g/mol. The third-order valence-electron chi connectivity index (χ3n) is 4.97. The zero-order chi connectivity index (χ0) is 19.4. The number of benzene rings is 2. The van der Waals surface area contributed by atoms with Crippen molar-refractivity contribution in [2.45, 2.75) is 33.1 Å². The van der Waals surface area contributed by atoms with E-state index in [1.807, 2.05) is 48.2 Å². The van der Waals surface area contributed by atoms with Gasteiger partial charge in [-0.3, -0.25) is 9.59 Å². The molecular weight excluding hydrogens is 340 g/mol. The van der Waals surface area contributed by atoms with Crippen molar-refractivity contribution in [1.82, 2.24) is 0 Å². The molecule has 0 aromatic heterocycles. The molecule has 0 atom stereocenters. The minimum absolute atomic E-state index is 0.0417. The Morgan fingerprint density at radius 3 is 2.70 bits per heavy atom. The first-order valence-corrected chi connectivity index (χ1v) is 9.32. The molecule has 2 aromatic carbocycles. The highest BCUT2D eigenvalue weighted by atomic mass is 16.5. The molecule has 2 amide bonds. The third kappa shape index (κ3) is 4.13. The zero-order valence-electron chi connectivity index (χ0n) is 16.2. The summed E-state index contributed by atoms with van der Waals surface area (Å²) in [6, 6.07) is 13.8. The number of para-hydroxylation sites is 1. The lowest BCUT2D eigenvalue weighted by Crippen LogP contribution is -2.39. The van der Waals surface area contributed by atoms with Crippen molar-refractivity contribution < 1.29 is 14.3 Å². The van der Waals surface area contributed by atoms with Crippen LogP contribution in [0.4, 0.5) is 11.4 Å². The number of rotatable bonds is 5. The van der Waals surface area contributed by atoms with Crippen molar-refractivity contribution in [2.24, 2.45) is 0 Å². The average Bonchev–Trinajstić information content (AvgIpc) is 2.67. The summed E-state index contributed by atoms with van der Waals surface area (Å²) >= 11 is 0. The maximum absolute atomic E-state index is 12.9. The summed E-state index contributed by atoms with van der Waals surface area (Å²) in [6.07, 6.45) is 2.23. The molecule has 0 spiro atoms. The van der Waals surface area contributed by atoms with Crippen molar-refractivity contribution in [2.75, 3.05) is 30.0 Å². The van der Waals surface area contributed by atoms with Gasteiger partial charge in [-0.15, -0.1) is 0 Å². The fraction of sp³-hybridized carbons (Fsp3) is 0.364. The molecule has 0 unspecified atom stereocenters. The quantitative estimate of drug-likeness (QED) is 0.810. The number of methoxy groups -OCH3 is 1. The van der Waals surface area contributed by atoms with E-state index in [2.05, 4.69) is 6.07 Å². The molecule has 0 fully saturated rings. The number of hydrogen-bond acceptors (Lipinski definition) is 3. The summed E-state index contributed by atoms with van der Waals surface area (Å²) < 4.78 is 5.41. The Hall–Kier alpha value is -2.82. The molecule has 5 nitrogen and oxygen atoms in total. The van der Waals surface area contributed by atoms with E-state index in [4.69, 9.17) is 4.74 Å². The Morgan fingerprint density at radius 2 is 1.96 bits per heavy atom. The van der Waals surface area contributed by atoms with Gasteiger partial charge in [-0.05, 0) is 49.1 Å². The number of ether oxygens (including phenoxy) is 1. The van der Waals surface area contributed by atoms with Gasteiger partial charge in [0.1, 0.15) is 5.75 Å². The SMILES string of the molecule is COc1ccc(C)cc1N(CCC(=O)N1CCCc2ccccc21)C(C)=O. The van der Waals surface area contributed by atoms with Gasteiger partial charge in [0, 0.05) is 32.1 Å². The van der Waals surface area contributed by atoms with Crippen LogP contribution >= 0.6 is 0 Å². The molecule has 5 heteroatoms. The molecule has 3 rings (SSSR count). The summed E-state index contributed by atoms with van der Waals surface area (Å²) in [5.41, 5.74) is 3.95. The minimum Gasteiger partial charge on any atom is -0.495 e. The van der Waals surface area contributed by atoms with E-state index in [1.54, 1.807) is 12.0 Å². The molecule has 2 aromatic rings. The molecule has 1 aliphatic heterocycles. The van der Waals surface area contributed by atoms with Gasteiger partial charge in [-0.1, -0.05) is 24.3 Å². The third-order valence-corrected chi connectivity index (χ3v) is 4.97. The number of anilines is 2. The standard InChI is InChI=1S/C22H26N2O3/c1-16-10-11-21(27-3)20(15-16)23(17(2)25)14-12-22(26)24-13-6-8-18-7-4-5-9-19(18)24/h4-5,7,9-11,15H,6,8,12-14H2,1-3H3. The summed E-state index contributed by atoms with van der Waals surface area (Å²) in [7, 11) is 1.59. The molecule has 0 saturated carbocycles. The Morgan fingerprint density at radius 1 is 1.19 bits per heavy atom. The maximum atomic E-state index is 12.9. The Bertz CT molecular complexity index is 847. The predicted octanol–water partition coefficient (Wildman–Crippen LogP) is 3.73. The largest absolute Gasteiger partial charge is 0.495 e. The highest BCUT2D eigenvalue weighted by Gasteiger charge is 2.24. The smallest absolute Gasteiger partial charge is 0.228 e. The van der Waals surface area contributed by atoms with Crippen LogP contribution in [0.3, 0.4) is 0 Å². The maximum Gasteiger partial charge on any atom is 0.228 e. The lowest BCUT2D eigenvalue weighted by Gasteiger charge is -2.30. The lowest BCUT2D eigenvalue weighted by molar-refractivity contribution is -0.118. The van der Waals surface area contributed by atoms with Crippen LogP contribution in [0.25, 0.3) is 0 Å². The summed E-state index contributed by atoms with van der Waals surface area (Å²) in [5, 5.41) is 0. The van der Waals surface area contributed by atoms with Crippen LogP contribution in [0, 0.1) is 6.92 Å². The van der Waals surface area contributed by atoms with Gasteiger partial charge in [0.15, 0.2) is 0 Å². The van der Waals surface area contributed by atoms with Gasteiger partial charge in [-0.25, -0.2) is 0 Å². The molecule has 0 N–H and O–H groups in total. The molecule has 0 radical (unpaired) electrons. The highest BCUT2D eigenvalue weighted by molar-refractivity contribution is 5.97. The average molecular weight is 366 g/mol. The van der Waals surface area contributed by atoms with Crippen LogP contribution in [0.15, 0.2) is 42.5 Å². The van der Waals surface area contributed by atoms with Crippen molar-refractivity contribution in [3.8, 4) is 5.75 Å². The van der Waals surface area contributed by atoms with Crippen LogP contribution in [0.5, 0.6) is 5.75 Å². The molecule has 0 bridgehead atoms. The molecule has 0 saturated heterocycles. The summed E-state index contributed by atoms with van der Waals surface area (Å²) in [6.45, 7) is 4.54. The van der Waals surface area contributed by atoms with Crippen molar-refractivity contribution in [3.63, 3.8) is 0 Å². The van der Waals surface area contributed by atoms with Crippen LogP contribution in [0.1, 0.15) is 30.9 Å². The normalized spacial score (nSPS) is 13.1. The molecule has 0 aliphatic carbocycles. The second kappa shape index (κ2) is 8.25. The van der Waals surface area contributed by atoms with Gasteiger partial charge in [0.2, 0.25) is 11.8 Å². The fourth-order valence-corrected chi connectivity index (χ4v) is 3.59. The Labute approximate surface area is 160 Å². The number of aryl methyl sites for hydroxylation is 2. The van der Waals surface area contributed by atoms with Gasteiger partial charge in [0.25, 0.3) is 0 Å². The van der Waals surface area contributed by atoms with E-state index in [0.717, 1.165) is 30.6 Å². The van der Waals surface area contributed by atoms with Gasteiger partial charge >= 0.3 is 0 Å². The van der Waals surface area contributed by atoms with Gasteiger partial charge < -0.3 is 14.5 Å². The topological polar surface area (TPSA) is 49.9 Å². The van der Waals surface area contributed by atoms with E-state index in [0.29, 0.717) is 18.0 Å². The second-order valence-corrected chi connectivity index (χ2v) is 6.87. The minimum atomic E-state index is -0.106. The zero-order valence-corrected chi connectivity index (χ0v) is 16.2. The van der Waals surface area contributed by atoms with Crippen molar-refractivity contribution >= 4 is 23.2 Å². The van der Waals surface area contributed by atoms with Gasteiger partial charge in [-0.2, -0.15) is 0 Å². The highest BCUT2D eigenvalue weighted by Crippen LogP contribution is 2.31. The molecule has 27 heavy (non-hydrogen) atoms. The number of amides is 2. The molecule has 142 valence electrons. The van der Waals surface area contributed by atoms with Crippen molar-refractivity contribution in [1.29, 1.82) is 0 Å². The summed E-state index contributed by atoms with van der Waals surface area (Å²) in [5.74, 6) is 0.567. The first-order valence-electron chi connectivity index (χ1n) is 9.32. The molecular formula is C22H26N2O3. The Kier molecular flexibility index (Phi) is 5.79.